The summed E-state index contributed by atoms with van der Waals surface area (Å²) in [5, 5.41) is 0. The second-order valence-electron chi connectivity index (χ2n) is 0.577. The Morgan fingerprint density at radius 2 is 1.00 bits per heavy atom. The van der Waals surface area contributed by atoms with Crippen molar-refractivity contribution in [3.63, 3.8) is 0 Å². The third kappa shape index (κ3) is 26.6. The van der Waals surface area contributed by atoms with Crippen molar-refractivity contribution in [3.05, 3.63) is 0 Å². The van der Waals surface area contributed by atoms with Crippen molar-refractivity contribution in [3.8, 4) is 0 Å². The molecule has 7 heavy (non-hydrogen) atoms. The Kier molecular flexibility index (Phi) is 72.9. The van der Waals surface area contributed by atoms with Crippen molar-refractivity contribution < 1.29 is 0 Å². The van der Waals surface area contributed by atoms with Crippen LogP contribution in [-0.2, 0) is 0 Å². The Bertz CT molecular complexity index is 15.7. The number of rotatable bonds is 1. The zero-order chi connectivity index (χ0) is 3.41. The molecule has 4 N–H and O–H groups in total. The molecular weight excluding hydrogens is 186 g/mol. The first-order valence-electron chi connectivity index (χ1n) is 1.32. The van der Waals surface area contributed by atoms with Crippen LogP contribution in [-0.4, -0.2) is 118 Å². The van der Waals surface area contributed by atoms with E-state index in [1.165, 1.54) is 0 Å². The summed E-state index contributed by atoms with van der Waals surface area (Å²) < 4.78 is 0. The number of hydrogen-bond donors (Lipinski definition) is 2. The van der Waals surface area contributed by atoms with Gasteiger partial charge >= 0.3 is 105 Å². The van der Waals surface area contributed by atoms with Gasteiger partial charge in [0.25, 0.3) is 0 Å². The fourth-order valence-electron chi connectivity index (χ4n) is 0. The monoisotopic (exact) mass is 198 g/mol. The molecule has 0 bridgehead atoms. The van der Waals surface area contributed by atoms with Crippen LogP contribution in [0.15, 0.2) is 0 Å². The van der Waals surface area contributed by atoms with Gasteiger partial charge < -0.3 is 11.5 Å². The van der Waals surface area contributed by atoms with Crippen LogP contribution in [0.3, 0.4) is 0 Å². The van der Waals surface area contributed by atoms with Crippen molar-refractivity contribution in [2.24, 2.45) is 11.5 Å². The van der Waals surface area contributed by atoms with Crippen LogP contribution in [0, 0.1) is 0 Å². The molecule has 0 fully saturated rings. The van der Waals surface area contributed by atoms with Crippen molar-refractivity contribution >= 4 is 105 Å². The topological polar surface area (TPSA) is 52.0 Å². The second-order valence-corrected chi connectivity index (χ2v) is 0.577. The molecule has 0 rings (SSSR count). The van der Waals surface area contributed by atoms with E-state index in [0.29, 0.717) is 13.1 Å². The van der Waals surface area contributed by atoms with E-state index in [1.54, 1.807) is 0 Å². The summed E-state index contributed by atoms with van der Waals surface area (Å²) in [5.41, 5.74) is 9.81. The molecule has 0 saturated carbocycles. The average molecular weight is 198 g/mol. The molecule has 0 spiro atoms. The molecule has 0 aromatic rings. The van der Waals surface area contributed by atoms with Gasteiger partial charge in [-0.1, -0.05) is 0 Å². The van der Waals surface area contributed by atoms with Gasteiger partial charge in [0.05, 0.1) is 0 Å². The first-order chi connectivity index (χ1) is 1.91. The fourth-order valence-corrected chi connectivity index (χ4v) is 0. The van der Waals surface area contributed by atoms with E-state index in [0.717, 1.165) is 0 Å². The molecule has 0 radical (unpaired) electrons. The summed E-state index contributed by atoms with van der Waals surface area (Å²) in [6.07, 6.45) is 0. The first kappa shape index (κ1) is 22.4. The van der Waals surface area contributed by atoms with Gasteiger partial charge in [0.1, 0.15) is 0 Å². The van der Waals surface area contributed by atoms with Gasteiger partial charge in [0.2, 0.25) is 0 Å². The Labute approximate surface area is 126 Å². The third-order valence-electron chi connectivity index (χ3n) is 0.167. The van der Waals surface area contributed by atoms with Crippen LogP contribution in [0.4, 0.5) is 0 Å². The number of hydrogen-bond acceptors (Lipinski definition) is 2. The summed E-state index contributed by atoms with van der Waals surface area (Å²) in [7, 11) is 0. The molecule has 0 aliphatic carbocycles. The zero-order valence-electron chi connectivity index (χ0n) is 2.57. The standard InChI is InChI=1S/C2H8N2.2Na.Sr.4H/c3-1-2-4;;;;;;;/h1-4H2;;;;;;;. The van der Waals surface area contributed by atoms with Crippen molar-refractivity contribution in [2.75, 3.05) is 13.1 Å². The Morgan fingerprint density at radius 3 is 1.00 bits per heavy atom. The molecule has 0 aliphatic heterocycles. The molecule has 0 aromatic carbocycles. The van der Waals surface area contributed by atoms with Crippen LogP contribution >= 0.6 is 0 Å². The molecule has 0 aliphatic rings. The predicted molar refractivity (Wildman–Crippen MR) is 41.0 cm³/mol. The van der Waals surface area contributed by atoms with E-state index in [1.807, 2.05) is 0 Å². The Balaban J connectivity index is -0.0000000150. The number of nitrogens with two attached hydrogens (primary N) is 2. The van der Waals surface area contributed by atoms with Gasteiger partial charge in [-0.3, -0.25) is 0 Å². The van der Waals surface area contributed by atoms with E-state index in [4.69, 9.17) is 11.5 Å². The molecular formula is C2H12N2Na2Sr. The van der Waals surface area contributed by atoms with Crippen LogP contribution in [0.25, 0.3) is 0 Å². The van der Waals surface area contributed by atoms with E-state index in [-0.39, 0.29) is 105 Å². The van der Waals surface area contributed by atoms with E-state index >= 15 is 0 Å². The minimum atomic E-state index is 0. The summed E-state index contributed by atoms with van der Waals surface area (Å²) >= 11 is 0. The molecule has 0 heterocycles. The summed E-state index contributed by atoms with van der Waals surface area (Å²) in [5.74, 6) is 0. The predicted octanol–water partition coefficient (Wildman–Crippen LogP) is -3.31. The quantitative estimate of drug-likeness (QED) is 0.433. The normalized spacial score (nSPS) is 4.29. The fraction of sp³-hybridized carbons (Fsp3) is 1.00. The molecule has 0 unspecified atom stereocenters. The second kappa shape index (κ2) is 22.7. The van der Waals surface area contributed by atoms with Gasteiger partial charge in [-0.05, 0) is 0 Å². The van der Waals surface area contributed by atoms with Crippen LogP contribution in [0.5, 0.6) is 0 Å². The van der Waals surface area contributed by atoms with Crippen LogP contribution in [0.1, 0.15) is 0 Å². The summed E-state index contributed by atoms with van der Waals surface area (Å²) in [6.45, 7) is 1.19. The third-order valence-corrected chi connectivity index (χ3v) is 0.167. The van der Waals surface area contributed by atoms with Gasteiger partial charge in [-0.2, -0.15) is 0 Å². The molecule has 0 atom stereocenters. The molecule has 0 saturated heterocycles. The van der Waals surface area contributed by atoms with E-state index < -0.39 is 0 Å². The molecule has 5 heteroatoms. The van der Waals surface area contributed by atoms with Gasteiger partial charge in [0, 0.05) is 13.1 Å². The maximum atomic E-state index is 4.90. The summed E-state index contributed by atoms with van der Waals surface area (Å²) in [4.78, 5) is 0. The van der Waals surface area contributed by atoms with Gasteiger partial charge in [0.15, 0.2) is 0 Å². The van der Waals surface area contributed by atoms with Crippen LogP contribution in [0.2, 0.25) is 0 Å². The zero-order valence-corrected chi connectivity index (χ0v) is 2.57. The average Bonchev–Trinajstić information content (AvgIpc) is 1.37. The Hall–Kier alpha value is 3.40. The first-order valence-corrected chi connectivity index (χ1v) is 1.32. The van der Waals surface area contributed by atoms with Crippen LogP contribution < -0.4 is 11.5 Å². The minimum absolute atomic E-state index is 0. The van der Waals surface area contributed by atoms with E-state index in [9.17, 15) is 0 Å². The van der Waals surface area contributed by atoms with Gasteiger partial charge in [-0.25, -0.2) is 0 Å². The SMILES string of the molecule is NCCN.[NaH].[NaH].[SrH2]. The van der Waals surface area contributed by atoms with Gasteiger partial charge in [-0.15, -0.1) is 0 Å². The summed E-state index contributed by atoms with van der Waals surface area (Å²) in [6, 6.07) is 0. The van der Waals surface area contributed by atoms with Crippen molar-refractivity contribution in [1.82, 2.24) is 0 Å². The maximum absolute atomic E-state index is 4.90. The molecule has 2 nitrogen and oxygen atoms in total. The Morgan fingerprint density at radius 1 is 0.857 bits per heavy atom. The van der Waals surface area contributed by atoms with Crippen molar-refractivity contribution in [1.29, 1.82) is 0 Å². The molecule has 34 valence electrons. The van der Waals surface area contributed by atoms with Crippen molar-refractivity contribution in [2.45, 2.75) is 0 Å². The van der Waals surface area contributed by atoms with E-state index in [2.05, 4.69) is 0 Å². The molecule has 0 amide bonds. The molecule has 0 aromatic heterocycles.